The maximum atomic E-state index is 14.3. The highest BCUT2D eigenvalue weighted by atomic mass is 32.2. The quantitative estimate of drug-likeness (QED) is 0.407. The molecule has 1 aliphatic carbocycles. The van der Waals surface area contributed by atoms with Gasteiger partial charge in [-0.2, -0.15) is 13.2 Å². The number of hydrogen-bond acceptors (Lipinski definition) is 7. The number of piperidine rings is 1. The molecular formula is C24H39F4N5O3S. The maximum Gasteiger partial charge on any atom is 0.409 e. The number of alkyl halides is 4. The van der Waals surface area contributed by atoms with Crippen LogP contribution in [0.2, 0.25) is 0 Å². The summed E-state index contributed by atoms with van der Waals surface area (Å²) in [4.78, 5) is 16.3. The number of amides is 1. The predicted octanol–water partition coefficient (Wildman–Crippen LogP) is 2.03. The Kier molecular flexibility index (Phi) is 7.83. The highest BCUT2D eigenvalue weighted by molar-refractivity contribution is 7.91. The molecule has 0 aromatic heterocycles. The van der Waals surface area contributed by atoms with E-state index in [0.29, 0.717) is 32.1 Å². The first-order chi connectivity index (χ1) is 17.4. The van der Waals surface area contributed by atoms with Gasteiger partial charge >= 0.3 is 6.18 Å². The van der Waals surface area contributed by atoms with Crippen LogP contribution in [0.3, 0.4) is 0 Å². The van der Waals surface area contributed by atoms with E-state index in [0.717, 1.165) is 30.8 Å². The number of fused-ring (bicyclic) bond motifs is 3. The van der Waals surface area contributed by atoms with Crippen molar-refractivity contribution < 1.29 is 30.8 Å². The molecule has 2 N–H and O–H groups in total. The second-order valence-corrected chi connectivity index (χ2v) is 13.9. The molecule has 5 aliphatic rings. The molecule has 212 valence electrons. The van der Waals surface area contributed by atoms with Gasteiger partial charge in [0.05, 0.1) is 17.7 Å². The highest BCUT2D eigenvalue weighted by Crippen LogP contribution is 2.41. The lowest BCUT2D eigenvalue weighted by atomic mass is 9.78. The third-order valence-corrected chi connectivity index (χ3v) is 11.1. The zero-order valence-corrected chi connectivity index (χ0v) is 22.1. The Hall–Kier alpha value is -1.02. The van der Waals surface area contributed by atoms with Crippen LogP contribution in [-0.2, 0) is 14.6 Å². The van der Waals surface area contributed by atoms with Crippen molar-refractivity contribution in [1.29, 1.82) is 0 Å². The summed E-state index contributed by atoms with van der Waals surface area (Å²) in [5, 5.41) is 5.46. The van der Waals surface area contributed by atoms with Crippen molar-refractivity contribution >= 4 is 15.7 Å². The number of likely N-dealkylation sites (tertiary alicyclic amines) is 1. The fraction of sp³-hybridized carbons (Fsp3) is 0.958. The summed E-state index contributed by atoms with van der Waals surface area (Å²) in [6.45, 7) is 1.64. The van der Waals surface area contributed by atoms with Gasteiger partial charge in [0.25, 0.3) is 0 Å². The van der Waals surface area contributed by atoms with E-state index in [1.165, 1.54) is 7.05 Å². The topological polar surface area (TPSA) is 85.0 Å². The lowest BCUT2D eigenvalue weighted by Crippen LogP contribution is -2.70. The lowest BCUT2D eigenvalue weighted by Gasteiger charge is -2.53. The molecule has 4 saturated heterocycles. The van der Waals surface area contributed by atoms with Gasteiger partial charge in [0, 0.05) is 44.1 Å². The van der Waals surface area contributed by atoms with E-state index in [1.54, 1.807) is 0 Å². The number of hydrogen-bond donors (Lipinski definition) is 2. The van der Waals surface area contributed by atoms with Crippen molar-refractivity contribution in [3.8, 4) is 0 Å². The van der Waals surface area contributed by atoms with Crippen LogP contribution >= 0.6 is 0 Å². The van der Waals surface area contributed by atoms with Crippen molar-refractivity contribution in [2.24, 2.45) is 11.8 Å². The Morgan fingerprint density at radius 3 is 2.35 bits per heavy atom. The van der Waals surface area contributed by atoms with E-state index in [1.807, 2.05) is 5.01 Å². The molecule has 5 rings (SSSR count). The zero-order valence-electron chi connectivity index (χ0n) is 21.3. The molecule has 0 radical (unpaired) electrons. The molecule has 1 amide bonds. The van der Waals surface area contributed by atoms with Gasteiger partial charge in [-0.05, 0) is 63.8 Å². The Morgan fingerprint density at radius 2 is 1.70 bits per heavy atom. The number of carbonyl (C=O) groups excluding carboxylic acids is 1. The summed E-state index contributed by atoms with van der Waals surface area (Å²) in [7, 11) is -1.97. The Labute approximate surface area is 216 Å². The fourth-order valence-corrected chi connectivity index (χ4v) is 9.08. The summed E-state index contributed by atoms with van der Waals surface area (Å²) in [6.07, 6.45) is -1.07. The van der Waals surface area contributed by atoms with Crippen molar-refractivity contribution in [3.63, 3.8) is 0 Å². The number of halogens is 4. The molecule has 37 heavy (non-hydrogen) atoms. The molecule has 4 unspecified atom stereocenters. The second-order valence-electron chi connectivity index (χ2n) is 11.6. The molecule has 0 aromatic rings. The molecule has 4 aliphatic heterocycles. The Balaban J connectivity index is 1.22. The third kappa shape index (κ3) is 5.66. The van der Waals surface area contributed by atoms with Crippen LogP contribution in [0.4, 0.5) is 17.6 Å². The monoisotopic (exact) mass is 553 g/mol. The predicted molar refractivity (Wildman–Crippen MR) is 130 cm³/mol. The van der Waals surface area contributed by atoms with Crippen molar-refractivity contribution in [2.75, 3.05) is 31.6 Å². The number of nitrogens with zero attached hydrogens (tertiary/aromatic N) is 3. The molecule has 5 fully saturated rings. The summed E-state index contributed by atoms with van der Waals surface area (Å²) >= 11 is 0. The van der Waals surface area contributed by atoms with E-state index >= 15 is 0 Å². The normalized spacial score (nSPS) is 38.5. The molecule has 5 atom stereocenters. The summed E-state index contributed by atoms with van der Waals surface area (Å²) in [5.74, 6) is -2.24. The Bertz CT molecular complexity index is 931. The van der Waals surface area contributed by atoms with Crippen molar-refractivity contribution in [1.82, 2.24) is 25.6 Å². The van der Waals surface area contributed by atoms with Crippen LogP contribution in [-0.4, -0.2) is 104 Å². The largest absolute Gasteiger partial charge is 0.409 e. The summed E-state index contributed by atoms with van der Waals surface area (Å²) in [6, 6.07) is -1.32. The van der Waals surface area contributed by atoms with Crippen LogP contribution in [0.5, 0.6) is 0 Å². The van der Waals surface area contributed by atoms with E-state index in [4.69, 9.17) is 0 Å². The number of rotatable bonds is 4. The molecular weight excluding hydrogens is 514 g/mol. The SMILES string of the molecule is CN(C(=O)C1CCS(=O)(=O)CC1)[C@@H](C1CCC(N2CCCC3C2CNC2CC(F)NN23)CC1)C(F)(F)F. The van der Waals surface area contributed by atoms with Crippen LogP contribution in [0, 0.1) is 11.8 Å². The van der Waals surface area contributed by atoms with Gasteiger partial charge in [-0.15, -0.1) is 0 Å². The average molecular weight is 554 g/mol. The average Bonchev–Trinajstić information content (AvgIpc) is 3.24. The Morgan fingerprint density at radius 1 is 1.03 bits per heavy atom. The molecule has 13 heteroatoms. The number of carbonyl (C=O) groups is 1. The van der Waals surface area contributed by atoms with Crippen molar-refractivity contribution in [2.45, 2.75) is 101 Å². The summed E-state index contributed by atoms with van der Waals surface area (Å²) < 4.78 is 80.2. The molecule has 8 nitrogen and oxygen atoms in total. The first-order valence-electron chi connectivity index (χ1n) is 13.7. The fourth-order valence-electron chi connectivity index (χ4n) is 7.59. The van der Waals surface area contributed by atoms with E-state index < -0.39 is 46.1 Å². The molecule has 0 aromatic carbocycles. The van der Waals surface area contributed by atoms with Crippen LogP contribution < -0.4 is 10.7 Å². The highest BCUT2D eigenvalue weighted by Gasteiger charge is 2.52. The minimum atomic E-state index is -4.55. The molecule has 0 bridgehead atoms. The van der Waals surface area contributed by atoms with Gasteiger partial charge in [-0.25, -0.2) is 23.2 Å². The van der Waals surface area contributed by atoms with E-state index in [9.17, 15) is 30.8 Å². The van der Waals surface area contributed by atoms with Gasteiger partial charge in [0.15, 0.2) is 6.30 Å². The smallest absolute Gasteiger partial charge is 0.333 e. The first kappa shape index (κ1) is 27.5. The van der Waals surface area contributed by atoms with Crippen molar-refractivity contribution in [3.05, 3.63) is 0 Å². The minimum absolute atomic E-state index is 0.0168. The summed E-state index contributed by atoms with van der Waals surface area (Å²) in [5.41, 5.74) is 2.95. The standard InChI is InChI=1S/C24H39F4N5O3S/c1-31(23(34)16-8-11-37(35,36)12-9-16)22(24(26,27)28)15-4-6-17(7-5-15)32-10-2-3-18-19(32)14-29-21-13-20(25)30-33(18)21/h15-22,29-30H,2-14H2,1H3/t15?,17?,18?,19?,20?,21?,22-/m0/s1. The van der Waals surface area contributed by atoms with E-state index in [2.05, 4.69) is 15.6 Å². The van der Waals surface area contributed by atoms with E-state index in [-0.39, 0.29) is 48.6 Å². The molecule has 1 saturated carbocycles. The van der Waals surface area contributed by atoms with Gasteiger partial charge < -0.3 is 4.90 Å². The van der Waals surface area contributed by atoms with Crippen LogP contribution in [0.15, 0.2) is 0 Å². The second kappa shape index (κ2) is 10.5. The third-order valence-electron chi connectivity index (χ3n) is 9.42. The molecule has 0 spiro atoms. The first-order valence-corrected chi connectivity index (χ1v) is 15.5. The minimum Gasteiger partial charge on any atom is -0.333 e. The zero-order chi connectivity index (χ0) is 26.5. The number of sulfone groups is 1. The van der Waals surface area contributed by atoms with Crippen LogP contribution in [0.25, 0.3) is 0 Å². The van der Waals surface area contributed by atoms with Gasteiger partial charge in [0.2, 0.25) is 5.91 Å². The lowest BCUT2D eigenvalue weighted by molar-refractivity contribution is -0.203. The van der Waals surface area contributed by atoms with Gasteiger partial charge in [-0.1, -0.05) is 0 Å². The number of nitrogens with one attached hydrogen (secondary N) is 2. The number of hydrazine groups is 1. The van der Waals surface area contributed by atoms with Gasteiger partial charge in [0.1, 0.15) is 15.9 Å². The van der Waals surface area contributed by atoms with Gasteiger partial charge in [-0.3, -0.25) is 15.0 Å². The van der Waals surface area contributed by atoms with Crippen LogP contribution in [0.1, 0.15) is 57.8 Å². The maximum absolute atomic E-state index is 14.3. The molecule has 4 heterocycles.